The van der Waals surface area contributed by atoms with Crippen LogP contribution < -0.4 is 10.6 Å². The van der Waals surface area contributed by atoms with E-state index < -0.39 is 7.92 Å². The topological polar surface area (TPSA) is 0 Å². The summed E-state index contributed by atoms with van der Waals surface area (Å²) in [6.07, 6.45) is 8.38. The zero-order chi connectivity index (χ0) is 15.7. The van der Waals surface area contributed by atoms with Crippen LogP contribution in [0.3, 0.4) is 0 Å². The molecule has 0 bridgehead atoms. The zero-order valence-corrected chi connectivity index (χ0v) is 15.2. The van der Waals surface area contributed by atoms with Crippen LogP contribution in [0.1, 0.15) is 0 Å². The molecule has 0 heterocycles. The van der Waals surface area contributed by atoms with E-state index in [1.54, 1.807) is 12.1 Å². The fraction of sp³-hybridized carbons (Fsp3) is 0.0588. The third kappa shape index (κ3) is 3.09. The van der Waals surface area contributed by atoms with Crippen molar-refractivity contribution in [1.82, 2.24) is 0 Å². The lowest BCUT2D eigenvalue weighted by atomic mass is 10.3. The maximum Gasteiger partial charge on any atom is 0.0672 e. The Hall–Kier alpha value is -0.490. The van der Waals surface area contributed by atoms with Gasteiger partial charge in [-0.15, -0.1) is 0 Å². The number of hydrogen-bond donors (Lipinski definition) is 0. The van der Waals surface area contributed by atoms with Crippen molar-refractivity contribution in [1.29, 1.82) is 0 Å². The third-order valence-corrected chi connectivity index (χ3v) is 8.03. The quantitative estimate of drug-likeness (QED) is 0.547. The number of benzene rings is 2. The van der Waals surface area contributed by atoms with Crippen molar-refractivity contribution in [2.24, 2.45) is 0 Å². The predicted molar refractivity (Wildman–Crippen MR) is 101 cm³/mol. The van der Waals surface area contributed by atoms with E-state index in [2.05, 4.69) is 12.2 Å². The van der Waals surface area contributed by atoms with Crippen LogP contribution in [0.4, 0.5) is 0 Å². The monoisotopic (exact) mass is 386 g/mol. The molecule has 0 aliphatic heterocycles. The molecule has 1 aliphatic rings. The van der Waals surface area contributed by atoms with Gasteiger partial charge in [0.1, 0.15) is 0 Å². The Morgan fingerprint density at radius 3 is 1.59 bits per heavy atom. The lowest BCUT2D eigenvalue weighted by molar-refractivity contribution is 1.45. The Kier molecular flexibility index (Phi) is 5.17. The summed E-state index contributed by atoms with van der Waals surface area (Å²) in [6, 6.07) is 11.4. The van der Waals surface area contributed by atoms with E-state index in [-0.39, 0.29) is 5.66 Å². The van der Waals surface area contributed by atoms with Crippen molar-refractivity contribution in [2.75, 3.05) is 0 Å². The molecule has 0 N–H and O–H groups in total. The van der Waals surface area contributed by atoms with Gasteiger partial charge < -0.3 is 0 Å². The molecule has 2 aromatic rings. The molecule has 22 heavy (non-hydrogen) atoms. The first-order chi connectivity index (χ1) is 10.6. The Labute approximate surface area is 151 Å². The normalized spacial score (nSPS) is 14.2. The van der Waals surface area contributed by atoms with Gasteiger partial charge in [0.15, 0.2) is 0 Å². The molecule has 0 saturated heterocycles. The number of halogens is 4. The Balaban J connectivity index is 2.20. The molecule has 0 amide bonds. The molecular formula is C17H11Cl4P. The average Bonchev–Trinajstić information content (AvgIpc) is 3.02. The van der Waals surface area contributed by atoms with Gasteiger partial charge in [-0.2, -0.15) is 0 Å². The number of allylic oxidation sites excluding steroid dienone is 4. The summed E-state index contributed by atoms with van der Waals surface area (Å²) in [4.78, 5) is 0. The Morgan fingerprint density at radius 2 is 1.14 bits per heavy atom. The van der Waals surface area contributed by atoms with Crippen molar-refractivity contribution >= 4 is 64.9 Å². The molecule has 0 spiro atoms. The van der Waals surface area contributed by atoms with Gasteiger partial charge in [-0.1, -0.05) is 95.0 Å². The van der Waals surface area contributed by atoms with Crippen LogP contribution in [0.2, 0.25) is 20.1 Å². The van der Waals surface area contributed by atoms with Crippen LogP contribution in [0.25, 0.3) is 0 Å². The van der Waals surface area contributed by atoms with Crippen LogP contribution >= 0.6 is 54.3 Å². The minimum Gasteiger partial charge on any atom is -0.0827 e. The van der Waals surface area contributed by atoms with Gasteiger partial charge >= 0.3 is 0 Å². The molecule has 0 radical (unpaired) electrons. The molecule has 2 aromatic carbocycles. The summed E-state index contributed by atoms with van der Waals surface area (Å²) in [6.45, 7) is 0. The highest BCUT2D eigenvalue weighted by atomic mass is 35.5. The maximum absolute atomic E-state index is 6.47. The van der Waals surface area contributed by atoms with Gasteiger partial charge in [-0.3, -0.25) is 0 Å². The van der Waals surface area contributed by atoms with E-state index in [0.29, 0.717) is 20.1 Å². The van der Waals surface area contributed by atoms with Crippen LogP contribution in [-0.2, 0) is 0 Å². The van der Waals surface area contributed by atoms with E-state index in [9.17, 15) is 0 Å². The first-order valence-electron chi connectivity index (χ1n) is 6.62. The molecule has 0 aromatic heterocycles. The zero-order valence-electron chi connectivity index (χ0n) is 11.3. The largest absolute Gasteiger partial charge is 0.0827 e. The second-order valence-corrected chi connectivity index (χ2v) is 8.65. The smallest absolute Gasteiger partial charge is 0.0672 e. The summed E-state index contributed by atoms with van der Waals surface area (Å²) >= 11 is 25.3. The molecular weight excluding hydrogens is 377 g/mol. The van der Waals surface area contributed by atoms with E-state index in [0.717, 1.165) is 10.6 Å². The third-order valence-electron chi connectivity index (χ3n) is 3.41. The summed E-state index contributed by atoms with van der Waals surface area (Å²) in [5.41, 5.74) is 0.224. The van der Waals surface area contributed by atoms with Crippen molar-refractivity contribution in [3.63, 3.8) is 0 Å². The van der Waals surface area contributed by atoms with E-state index >= 15 is 0 Å². The van der Waals surface area contributed by atoms with Crippen LogP contribution in [-0.4, -0.2) is 5.66 Å². The summed E-state index contributed by atoms with van der Waals surface area (Å²) in [5.74, 6) is 0. The second-order valence-electron chi connectivity index (χ2n) is 4.78. The van der Waals surface area contributed by atoms with Gasteiger partial charge in [0.05, 0.1) is 20.1 Å². The summed E-state index contributed by atoms with van der Waals surface area (Å²) in [5, 5.41) is 4.29. The van der Waals surface area contributed by atoms with Crippen molar-refractivity contribution in [3.05, 3.63) is 80.8 Å². The average molecular weight is 388 g/mol. The van der Waals surface area contributed by atoms with Crippen LogP contribution in [0, 0.1) is 0 Å². The SMILES string of the molecule is Clc1cccc(P(c2cccc(Cl)c2Cl)C2C=CC=C2)c1Cl. The second kappa shape index (κ2) is 6.95. The summed E-state index contributed by atoms with van der Waals surface area (Å²) in [7, 11) is -0.832. The molecule has 3 rings (SSSR count). The Bertz CT molecular complexity index is 704. The summed E-state index contributed by atoms with van der Waals surface area (Å²) < 4.78 is 0. The van der Waals surface area contributed by atoms with Gasteiger partial charge in [-0.05, 0) is 20.1 Å². The molecule has 0 fully saturated rings. The molecule has 112 valence electrons. The minimum absolute atomic E-state index is 0.224. The maximum atomic E-state index is 6.47. The molecule has 0 nitrogen and oxygen atoms in total. The highest BCUT2D eigenvalue weighted by molar-refractivity contribution is 7.74. The molecule has 0 saturated carbocycles. The lowest BCUT2D eigenvalue weighted by Gasteiger charge is -2.25. The predicted octanol–water partition coefficient (Wildman–Crippen LogP) is 6.23. The molecule has 0 unspecified atom stereocenters. The van der Waals surface area contributed by atoms with Crippen LogP contribution in [0.5, 0.6) is 0 Å². The van der Waals surface area contributed by atoms with Gasteiger partial charge in [0, 0.05) is 16.3 Å². The Morgan fingerprint density at radius 1 is 0.682 bits per heavy atom. The highest BCUT2D eigenvalue weighted by Crippen LogP contribution is 2.47. The van der Waals surface area contributed by atoms with E-state index in [1.807, 2.05) is 36.4 Å². The van der Waals surface area contributed by atoms with Gasteiger partial charge in [-0.25, -0.2) is 0 Å². The van der Waals surface area contributed by atoms with Crippen molar-refractivity contribution in [3.8, 4) is 0 Å². The van der Waals surface area contributed by atoms with E-state index in [1.165, 1.54) is 0 Å². The van der Waals surface area contributed by atoms with Gasteiger partial charge in [0.25, 0.3) is 0 Å². The van der Waals surface area contributed by atoms with E-state index in [4.69, 9.17) is 46.4 Å². The molecule has 1 aliphatic carbocycles. The molecule has 0 atom stereocenters. The lowest BCUT2D eigenvalue weighted by Crippen LogP contribution is -2.20. The molecule has 5 heteroatoms. The number of hydrogen-bond acceptors (Lipinski definition) is 0. The number of rotatable bonds is 3. The standard InChI is InChI=1S/C17H11Cl4P/c18-12-7-3-9-14(16(12)20)22(11-5-1-2-6-11)15-10-4-8-13(19)17(15)21/h1-11H. The minimum atomic E-state index is -0.832. The first kappa shape index (κ1) is 16.4. The first-order valence-corrected chi connectivity index (χ1v) is 9.54. The fourth-order valence-corrected chi connectivity index (χ4v) is 6.28. The van der Waals surface area contributed by atoms with Crippen molar-refractivity contribution in [2.45, 2.75) is 5.66 Å². The fourth-order valence-electron chi connectivity index (χ4n) is 2.40. The highest BCUT2D eigenvalue weighted by Gasteiger charge is 2.27. The van der Waals surface area contributed by atoms with Crippen LogP contribution in [0.15, 0.2) is 60.7 Å². The van der Waals surface area contributed by atoms with Crippen molar-refractivity contribution < 1.29 is 0 Å². The van der Waals surface area contributed by atoms with Gasteiger partial charge in [0.2, 0.25) is 0 Å².